The Bertz CT molecular complexity index is 431. The summed E-state index contributed by atoms with van der Waals surface area (Å²) in [5.41, 5.74) is 0.511. The molecule has 6 heteroatoms. The molecule has 2 amide bonds. The molecule has 0 radical (unpaired) electrons. The van der Waals surface area contributed by atoms with Crippen LogP contribution in [-0.4, -0.2) is 36.7 Å². The summed E-state index contributed by atoms with van der Waals surface area (Å²) in [4.78, 5) is 22.8. The van der Waals surface area contributed by atoms with Gasteiger partial charge in [-0.1, -0.05) is 13.3 Å². The molecule has 1 aromatic carbocycles. The highest BCUT2D eigenvalue weighted by Crippen LogP contribution is 2.15. The highest BCUT2D eigenvalue weighted by Gasteiger charge is 2.12. The molecule has 0 aliphatic carbocycles. The van der Waals surface area contributed by atoms with Crippen molar-refractivity contribution in [3.8, 4) is 5.75 Å². The number of ether oxygens (including phenoxy) is 1. The smallest absolute Gasteiger partial charge is 0.313 e. The lowest BCUT2D eigenvalue weighted by Gasteiger charge is -2.08. The Morgan fingerprint density at radius 1 is 1.20 bits per heavy atom. The van der Waals surface area contributed by atoms with E-state index in [1.54, 1.807) is 24.3 Å². The Morgan fingerprint density at radius 3 is 2.50 bits per heavy atom. The number of hydrogen-bond acceptors (Lipinski definition) is 4. The second-order valence-electron chi connectivity index (χ2n) is 4.16. The molecule has 6 nitrogen and oxygen atoms in total. The summed E-state index contributed by atoms with van der Waals surface area (Å²) in [5.74, 6) is -0.818. The molecule has 110 valence electrons. The summed E-state index contributed by atoms with van der Waals surface area (Å²) in [6.07, 6.45) is 2.06. The lowest BCUT2D eigenvalue weighted by molar-refractivity contribution is -0.136. The van der Waals surface area contributed by atoms with E-state index in [9.17, 15) is 9.59 Å². The van der Waals surface area contributed by atoms with Crippen molar-refractivity contribution in [3.05, 3.63) is 24.3 Å². The molecule has 0 spiro atoms. The van der Waals surface area contributed by atoms with Gasteiger partial charge >= 0.3 is 11.8 Å². The Hall–Kier alpha value is -2.08. The van der Waals surface area contributed by atoms with Gasteiger partial charge in [-0.2, -0.15) is 0 Å². The number of nitrogens with one attached hydrogen (secondary N) is 2. The Balaban J connectivity index is 2.44. The van der Waals surface area contributed by atoms with E-state index < -0.39 is 11.8 Å². The average molecular weight is 280 g/mol. The number of anilines is 1. The largest absolute Gasteiger partial charge is 0.494 e. The second-order valence-corrected chi connectivity index (χ2v) is 4.16. The van der Waals surface area contributed by atoms with Crippen LogP contribution in [0.2, 0.25) is 0 Å². The maximum absolute atomic E-state index is 11.5. The van der Waals surface area contributed by atoms with Crippen LogP contribution in [0.3, 0.4) is 0 Å². The van der Waals surface area contributed by atoms with Crippen molar-refractivity contribution in [3.63, 3.8) is 0 Å². The van der Waals surface area contributed by atoms with Gasteiger partial charge in [0.1, 0.15) is 5.75 Å². The van der Waals surface area contributed by atoms with Crippen molar-refractivity contribution in [2.24, 2.45) is 0 Å². The van der Waals surface area contributed by atoms with Crippen LogP contribution in [0.5, 0.6) is 5.75 Å². The lowest BCUT2D eigenvalue weighted by Crippen LogP contribution is -2.36. The van der Waals surface area contributed by atoms with Gasteiger partial charge in [0, 0.05) is 12.2 Å². The van der Waals surface area contributed by atoms with E-state index in [1.165, 1.54) is 0 Å². The van der Waals surface area contributed by atoms with Gasteiger partial charge in [0.15, 0.2) is 0 Å². The van der Waals surface area contributed by atoms with E-state index in [1.807, 2.05) is 0 Å². The first-order chi connectivity index (χ1) is 9.67. The molecule has 0 aromatic heterocycles. The van der Waals surface area contributed by atoms with Gasteiger partial charge in [-0.25, -0.2) is 0 Å². The zero-order valence-electron chi connectivity index (χ0n) is 11.5. The fourth-order valence-electron chi connectivity index (χ4n) is 1.41. The predicted octanol–water partition coefficient (Wildman–Crippen LogP) is 0.912. The highest BCUT2D eigenvalue weighted by atomic mass is 16.5. The maximum atomic E-state index is 11.5. The van der Waals surface area contributed by atoms with E-state index in [0.717, 1.165) is 18.6 Å². The van der Waals surface area contributed by atoms with Gasteiger partial charge in [-0.3, -0.25) is 9.59 Å². The summed E-state index contributed by atoms with van der Waals surface area (Å²) >= 11 is 0. The predicted molar refractivity (Wildman–Crippen MR) is 75.6 cm³/mol. The summed E-state index contributed by atoms with van der Waals surface area (Å²) in [6, 6.07) is 6.80. The van der Waals surface area contributed by atoms with Gasteiger partial charge in [-0.05, 0) is 30.7 Å². The zero-order chi connectivity index (χ0) is 14.8. The summed E-state index contributed by atoms with van der Waals surface area (Å²) < 4.78 is 5.49. The molecule has 0 aliphatic rings. The fourth-order valence-corrected chi connectivity index (χ4v) is 1.41. The molecule has 0 bridgehead atoms. The van der Waals surface area contributed by atoms with Gasteiger partial charge < -0.3 is 20.5 Å². The number of unbranched alkanes of at least 4 members (excludes halogenated alkanes) is 1. The minimum absolute atomic E-state index is 0.0520. The minimum Gasteiger partial charge on any atom is -0.494 e. The quantitative estimate of drug-likeness (QED) is 0.512. The molecular formula is C14H20N2O4. The number of aliphatic hydroxyl groups is 1. The van der Waals surface area contributed by atoms with E-state index in [2.05, 4.69) is 17.6 Å². The van der Waals surface area contributed by atoms with Crippen LogP contribution in [0.1, 0.15) is 19.8 Å². The van der Waals surface area contributed by atoms with Gasteiger partial charge in [-0.15, -0.1) is 0 Å². The molecule has 1 aromatic rings. The van der Waals surface area contributed by atoms with Crippen molar-refractivity contribution in [1.82, 2.24) is 5.32 Å². The van der Waals surface area contributed by atoms with Crippen LogP contribution in [0.25, 0.3) is 0 Å². The van der Waals surface area contributed by atoms with Crippen LogP contribution in [0.15, 0.2) is 24.3 Å². The molecule has 0 saturated heterocycles. The van der Waals surface area contributed by atoms with Crippen molar-refractivity contribution in [2.75, 3.05) is 25.1 Å². The molecule has 0 fully saturated rings. The third-order valence-electron chi connectivity index (χ3n) is 2.48. The van der Waals surface area contributed by atoms with Crippen LogP contribution >= 0.6 is 0 Å². The van der Waals surface area contributed by atoms with Crippen molar-refractivity contribution in [1.29, 1.82) is 0 Å². The monoisotopic (exact) mass is 280 g/mol. The number of aliphatic hydroxyl groups excluding tert-OH is 1. The molecule has 3 N–H and O–H groups in total. The molecular weight excluding hydrogens is 260 g/mol. The van der Waals surface area contributed by atoms with Crippen molar-refractivity contribution in [2.45, 2.75) is 19.8 Å². The number of amides is 2. The summed E-state index contributed by atoms with van der Waals surface area (Å²) in [7, 11) is 0. The Morgan fingerprint density at radius 2 is 1.90 bits per heavy atom. The number of carbonyl (C=O) groups is 2. The third kappa shape index (κ3) is 5.71. The van der Waals surface area contributed by atoms with Crippen LogP contribution in [0.4, 0.5) is 5.69 Å². The molecule has 20 heavy (non-hydrogen) atoms. The van der Waals surface area contributed by atoms with Crippen LogP contribution < -0.4 is 15.4 Å². The van der Waals surface area contributed by atoms with Gasteiger partial charge in [0.25, 0.3) is 0 Å². The van der Waals surface area contributed by atoms with E-state index in [4.69, 9.17) is 9.84 Å². The normalized spacial score (nSPS) is 9.90. The first-order valence-corrected chi connectivity index (χ1v) is 6.60. The van der Waals surface area contributed by atoms with Gasteiger partial charge in [0.05, 0.1) is 13.2 Å². The molecule has 0 aliphatic heterocycles. The van der Waals surface area contributed by atoms with Crippen molar-refractivity contribution < 1.29 is 19.4 Å². The maximum Gasteiger partial charge on any atom is 0.313 e. The van der Waals surface area contributed by atoms with E-state index in [-0.39, 0.29) is 13.2 Å². The van der Waals surface area contributed by atoms with Crippen LogP contribution in [-0.2, 0) is 9.59 Å². The first kappa shape index (κ1) is 16.0. The van der Waals surface area contributed by atoms with Gasteiger partial charge in [0.2, 0.25) is 0 Å². The third-order valence-corrected chi connectivity index (χ3v) is 2.48. The minimum atomic E-state index is -0.776. The fraction of sp³-hybridized carbons (Fsp3) is 0.429. The topological polar surface area (TPSA) is 87.7 Å². The van der Waals surface area contributed by atoms with E-state index in [0.29, 0.717) is 12.3 Å². The Labute approximate surface area is 118 Å². The summed E-state index contributed by atoms with van der Waals surface area (Å²) in [6.45, 7) is 2.59. The molecule has 0 atom stereocenters. The molecule has 0 saturated carbocycles. The standard InChI is InChI=1S/C14H20N2O4/c1-2-3-10-20-12-6-4-11(5-7-12)16-14(19)13(18)15-8-9-17/h4-7,17H,2-3,8-10H2,1H3,(H,15,18)(H,16,19). The molecule has 1 rings (SSSR count). The molecule has 0 heterocycles. The number of benzene rings is 1. The number of carbonyl (C=O) groups excluding carboxylic acids is 2. The SMILES string of the molecule is CCCCOc1ccc(NC(=O)C(=O)NCCO)cc1. The number of rotatable bonds is 7. The highest BCUT2D eigenvalue weighted by molar-refractivity contribution is 6.39. The first-order valence-electron chi connectivity index (χ1n) is 6.60. The second kappa shape index (κ2) is 8.92. The molecule has 0 unspecified atom stereocenters. The summed E-state index contributed by atoms with van der Waals surface area (Å²) in [5, 5.41) is 13.3. The zero-order valence-corrected chi connectivity index (χ0v) is 11.5. The lowest BCUT2D eigenvalue weighted by atomic mass is 10.3. The van der Waals surface area contributed by atoms with Crippen LogP contribution in [0, 0.1) is 0 Å². The van der Waals surface area contributed by atoms with Crippen molar-refractivity contribution >= 4 is 17.5 Å². The average Bonchev–Trinajstić information content (AvgIpc) is 2.46. The number of hydrogen-bond donors (Lipinski definition) is 3. The van der Waals surface area contributed by atoms with E-state index >= 15 is 0 Å². The Kier molecular flexibility index (Phi) is 7.13.